The topological polar surface area (TPSA) is 111 Å². The molecule has 1 aliphatic carbocycles. The van der Waals surface area contributed by atoms with Gasteiger partial charge in [-0.15, -0.1) is 0 Å². The fourth-order valence-corrected chi connectivity index (χ4v) is 5.29. The van der Waals surface area contributed by atoms with Gasteiger partial charge in [-0.05, 0) is 48.4 Å². The summed E-state index contributed by atoms with van der Waals surface area (Å²) >= 11 is 6.11. The van der Waals surface area contributed by atoms with Crippen LogP contribution >= 0.6 is 11.6 Å². The fraction of sp³-hybridized carbons (Fsp3) is 0.440. The summed E-state index contributed by atoms with van der Waals surface area (Å²) in [6.07, 6.45) is 7.52. The van der Waals surface area contributed by atoms with E-state index in [1.54, 1.807) is 6.20 Å². The van der Waals surface area contributed by atoms with Gasteiger partial charge in [0.1, 0.15) is 0 Å². The molecule has 3 aromatic heterocycles. The van der Waals surface area contributed by atoms with E-state index in [9.17, 15) is 4.79 Å². The van der Waals surface area contributed by atoms with Crippen LogP contribution in [0.5, 0.6) is 11.8 Å². The Labute approximate surface area is 207 Å². The predicted molar refractivity (Wildman–Crippen MR) is 128 cm³/mol. The first kappa shape index (κ1) is 22.5. The molecule has 3 aliphatic rings. The number of amides is 1. The highest BCUT2D eigenvalue weighted by Gasteiger charge is 2.32. The predicted octanol–water partition coefficient (Wildman–Crippen LogP) is 3.56. The van der Waals surface area contributed by atoms with Gasteiger partial charge in [-0.1, -0.05) is 6.92 Å². The summed E-state index contributed by atoms with van der Waals surface area (Å²) in [6.45, 7) is 4.30. The van der Waals surface area contributed by atoms with Gasteiger partial charge in [-0.25, -0.2) is 9.97 Å². The average Bonchev–Trinajstić information content (AvgIpc) is 3.51. The molecule has 1 fully saturated rings. The van der Waals surface area contributed by atoms with Gasteiger partial charge in [-0.2, -0.15) is 4.98 Å². The molecular formula is C25H26ClN5O4. The van der Waals surface area contributed by atoms with Crippen LogP contribution in [-0.4, -0.2) is 51.7 Å². The second-order valence-electron chi connectivity index (χ2n) is 9.00. The van der Waals surface area contributed by atoms with Crippen LogP contribution in [0.25, 0.3) is 11.3 Å². The van der Waals surface area contributed by atoms with Crippen molar-refractivity contribution in [3.8, 4) is 23.0 Å². The molecular weight excluding hydrogens is 470 g/mol. The highest BCUT2D eigenvalue weighted by Crippen LogP contribution is 2.42. The smallest absolute Gasteiger partial charge is 0.253 e. The van der Waals surface area contributed by atoms with Crippen LogP contribution in [0, 0.1) is 0 Å². The molecule has 0 unspecified atom stereocenters. The summed E-state index contributed by atoms with van der Waals surface area (Å²) in [7, 11) is 0. The number of nitrogens with zero attached hydrogens (tertiary/aromatic N) is 3. The lowest BCUT2D eigenvalue weighted by atomic mass is 9.85. The minimum absolute atomic E-state index is 0.00344. The Balaban J connectivity index is 1.37. The number of ether oxygens (including phenoxy) is 3. The molecule has 9 nitrogen and oxygen atoms in total. The molecule has 3 aromatic rings. The number of H-pyrrole nitrogens is 1. The second-order valence-corrected chi connectivity index (χ2v) is 9.34. The Kier molecular flexibility index (Phi) is 5.91. The first-order valence-electron chi connectivity index (χ1n) is 12.0. The number of fused-ring (bicyclic) bond motifs is 5. The largest absolute Gasteiger partial charge is 0.420 e. The third-order valence-corrected chi connectivity index (χ3v) is 7.07. The van der Waals surface area contributed by atoms with Crippen LogP contribution in [0.1, 0.15) is 51.7 Å². The van der Waals surface area contributed by atoms with Gasteiger partial charge in [0.25, 0.3) is 5.91 Å². The summed E-state index contributed by atoms with van der Waals surface area (Å²) in [4.78, 5) is 29.3. The van der Waals surface area contributed by atoms with E-state index in [1.807, 2.05) is 6.20 Å². The Hall–Kier alpha value is -3.01. The number of aromatic amines is 1. The Morgan fingerprint density at radius 1 is 1.17 bits per heavy atom. The molecule has 1 amide bonds. The molecule has 2 aliphatic heterocycles. The monoisotopic (exact) mass is 495 g/mol. The van der Waals surface area contributed by atoms with E-state index in [-0.39, 0.29) is 23.9 Å². The lowest BCUT2D eigenvalue weighted by Crippen LogP contribution is -2.32. The Bertz CT molecular complexity index is 1300. The van der Waals surface area contributed by atoms with E-state index in [0.717, 1.165) is 64.9 Å². The van der Waals surface area contributed by atoms with Crippen molar-refractivity contribution in [3.05, 3.63) is 51.2 Å². The van der Waals surface area contributed by atoms with E-state index >= 15 is 0 Å². The molecule has 0 spiro atoms. The SMILES string of the molecule is CCc1c(Oc2nc(Cl)ncc2CO[C@H]2CCOC2)ncc2c1-c1[nH]c3c(c1CC2)C(=O)NCC3. The van der Waals surface area contributed by atoms with Crippen molar-refractivity contribution in [2.75, 3.05) is 19.8 Å². The number of nitrogens with one attached hydrogen (secondary N) is 2. The molecule has 0 bridgehead atoms. The molecule has 1 atom stereocenters. The van der Waals surface area contributed by atoms with Gasteiger partial charge in [0, 0.05) is 48.8 Å². The summed E-state index contributed by atoms with van der Waals surface area (Å²) in [5.74, 6) is 0.798. The maximum Gasteiger partial charge on any atom is 0.253 e. The van der Waals surface area contributed by atoms with E-state index in [2.05, 4.69) is 32.2 Å². The van der Waals surface area contributed by atoms with Gasteiger partial charge < -0.3 is 24.5 Å². The first-order valence-corrected chi connectivity index (χ1v) is 12.4. The summed E-state index contributed by atoms with van der Waals surface area (Å²) in [5.41, 5.74) is 7.76. The van der Waals surface area contributed by atoms with Crippen molar-refractivity contribution in [1.82, 2.24) is 25.3 Å². The third-order valence-electron chi connectivity index (χ3n) is 6.89. The van der Waals surface area contributed by atoms with Crippen LogP contribution in [0.3, 0.4) is 0 Å². The minimum Gasteiger partial charge on any atom is -0.420 e. The number of carbonyl (C=O) groups excluding carboxylic acids is 1. The van der Waals surface area contributed by atoms with Crippen LogP contribution < -0.4 is 10.1 Å². The zero-order chi connectivity index (χ0) is 23.9. The zero-order valence-corrected chi connectivity index (χ0v) is 20.2. The Morgan fingerprint density at radius 2 is 2.09 bits per heavy atom. The van der Waals surface area contributed by atoms with Crippen LogP contribution in [0.15, 0.2) is 12.4 Å². The maximum atomic E-state index is 12.6. The van der Waals surface area contributed by atoms with E-state index < -0.39 is 0 Å². The number of carbonyl (C=O) groups is 1. The zero-order valence-electron chi connectivity index (χ0n) is 19.4. The van der Waals surface area contributed by atoms with Crippen molar-refractivity contribution in [2.24, 2.45) is 0 Å². The Morgan fingerprint density at radius 3 is 2.91 bits per heavy atom. The quantitative estimate of drug-likeness (QED) is 0.503. The highest BCUT2D eigenvalue weighted by molar-refractivity contribution is 6.28. The second kappa shape index (κ2) is 9.22. The molecule has 1 saturated heterocycles. The summed E-state index contributed by atoms with van der Waals surface area (Å²) in [5, 5.41) is 3.06. The molecule has 0 saturated carbocycles. The first-order chi connectivity index (χ1) is 17.1. The molecule has 10 heteroatoms. The molecule has 0 aromatic carbocycles. The van der Waals surface area contributed by atoms with Gasteiger partial charge in [0.05, 0.1) is 36.1 Å². The number of rotatable bonds is 6. The fourth-order valence-electron chi connectivity index (χ4n) is 5.17. The number of pyridine rings is 1. The van der Waals surface area contributed by atoms with Crippen LogP contribution in [-0.2, 0) is 41.8 Å². The molecule has 0 radical (unpaired) electrons. The van der Waals surface area contributed by atoms with Gasteiger partial charge in [0.15, 0.2) is 0 Å². The normalized spacial score (nSPS) is 18.6. The molecule has 6 rings (SSSR count). The van der Waals surface area contributed by atoms with Crippen molar-refractivity contribution in [2.45, 2.75) is 51.7 Å². The average molecular weight is 496 g/mol. The van der Waals surface area contributed by atoms with E-state index in [0.29, 0.717) is 43.5 Å². The van der Waals surface area contributed by atoms with Crippen LogP contribution in [0.4, 0.5) is 0 Å². The van der Waals surface area contributed by atoms with Crippen molar-refractivity contribution in [3.63, 3.8) is 0 Å². The summed E-state index contributed by atoms with van der Waals surface area (Å²) in [6, 6.07) is 0. The van der Waals surface area contributed by atoms with E-state index in [1.165, 1.54) is 0 Å². The number of halogens is 1. The minimum atomic E-state index is 0.00344. The van der Waals surface area contributed by atoms with Gasteiger partial charge in [-0.3, -0.25) is 4.79 Å². The van der Waals surface area contributed by atoms with E-state index in [4.69, 9.17) is 25.8 Å². The standard InChI is InChI=1S/C25H26ClN5O4/c1-2-16-19-13(3-4-17-20-18(30-21(17)19)5-7-27-22(20)32)9-28-24(16)35-23-14(10-29-25(26)31-23)11-34-15-6-8-33-12-15/h9-10,15,30H,2-8,11-12H2,1H3,(H,27,32)/t15-/m0/s1. The molecule has 5 heterocycles. The number of aromatic nitrogens is 4. The van der Waals surface area contributed by atoms with Crippen molar-refractivity contribution in [1.29, 1.82) is 0 Å². The van der Waals surface area contributed by atoms with Crippen molar-refractivity contribution < 1.29 is 19.0 Å². The molecule has 35 heavy (non-hydrogen) atoms. The summed E-state index contributed by atoms with van der Waals surface area (Å²) < 4.78 is 17.6. The highest BCUT2D eigenvalue weighted by atomic mass is 35.5. The molecule has 182 valence electrons. The van der Waals surface area contributed by atoms with Gasteiger partial charge >= 0.3 is 0 Å². The maximum absolute atomic E-state index is 12.6. The molecule has 2 N–H and O–H groups in total. The number of aryl methyl sites for hydroxylation is 1. The lowest BCUT2D eigenvalue weighted by Gasteiger charge is -2.22. The van der Waals surface area contributed by atoms with Crippen molar-refractivity contribution >= 4 is 17.5 Å². The third kappa shape index (κ3) is 4.07. The van der Waals surface area contributed by atoms with Crippen LogP contribution in [0.2, 0.25) is 5.28 Å². The van der Waals surface area contributed by atoms with Gasteiger partial charge in [0.2, 0.25) is 17.0 Å². The lowest BCUT2D eigenvalue weighted by molar-refractivity contribution is 0.0306. The number of hydrogen-bond donors (Lipinski definition) is 2. The number of hydrogen-bond acceptors (Lipinski definition) is 7.